The van der Waals surface area contributed by atoms with Crippen LogP contribution in [0.25, 0.3) is 0 Å². The molecule has 0 saturated heterocycles. The summed E-state index contributed by atoms with van der Waals surface area (Å²) in [5.41, 5.74) is 0.928. The number of esters is 1. The lowest BCUT2D eigenvalue weighted by molar-refractivity contribution is -0.119. The van der Waals surface area contributed by atoms with Gasteiger partial charge in [-0.15, -0.1) is 0 Å². The van der Waals surface area contributed by atoms with Gasteiger partial charge in [-0.2, -0.15) is 0 Å². The quantitative estimate of drug-likeness (QED) is 0.799. The number of anilines is 1. The monoisotopic (exact) mass is 270 g/mol. The molecule has 1 rings (SSSR count). The van der Waals surface area contributed by atoms with Gasteiger partial charge in [0.1, 0.15) is 0 Å². The number of nitrogens with one attached hydrogen (secondary N) is 2. The third-order valence-electron chi connectivity index (χ3n) is 2.15. The zero-order valence-electron chi connectivity index (χ0n) is 10.2. The Labute approximate surface area is 110 Å². The number of hydrogen-bond acceptors (Lipinski definition) is 4. The molecule has 0 heterocycles. The third-order valence-corrected chi connectivity index (χ3v) is 2.36. The number of rotatable bonds is 5. The molecule has 0 spiro atoms. The fraction of sp³-hybridized carbons (Fsp3) is 0.333. The number of likely N-dealkylation sites (N-methyl/N-ethyl adjacent to an activating group) is 1. The van der Waals surface area contributed by atoms with Gasteiger partial charge in [-0.05, 0) is 25.1 Å². The predicted molar refractivity (Wildman–Crippen MR) is 70.0 cm³/mol. The number of ether oxygens (including phenoxy) is 1. The van der Waals surface area contributed by atoms with Crippen LogP contribution in [0.2, 0.25) is 5.02 Å². The van der Waals surface area contributed by atoms with Gasteiger partial charge in [0, 0.05) is 17.3 Å². The Kier molecular flexibility index (Phi) is 5.45. The van der Waals surface area contributed by atoms with Crippen molar-refractivity contribution in [1.29, 1.82) is 0 Å². The summed E-state index contributed by atoms with van der Waals surface area (Å²) in [5, 5.41) is 5.94. The number of benzene rings is 1. The average molecular weight is 271 g/mol. The number of methoxy groups -OCH3 is 1. The highest BCUT2D eigenvalue weighted by Gasteiger charge is 2.08. The zero-order valence-corrected chi connectivity index (χ0v) is 11.0. The number of amides is 1. The molecule has 6 heteroatoms. The van der Waals surface area contributed by atoms with E-state index in [0.717, 1.165) is 0 Å². The van der Waals surface area contributed by atoms with Gasteiger partial charge in [0.15, 0.2) is 0 Å². The molecule has 0 bridgehead atoms. The van der Waals surface area contributed by atoms with Gasteiger partial charge < -0.3 is 15.4 Å². The van der Waals surface area contributed by atoms with E-state index in [0.29, 0.717) is 22.8 Å². The highest BCUT2D eigenvalue weighted by Crippen LogP contribution is 2.19. The molecular formula is C12H15ClN2O3. The van der Waals surface area contributed by atoms with Crippen LogP contribution in [0.15, 0.2) is 18.2 Å². The van der Waals surface area contributed by atoms with Gasteiger partial charge in [-0.25, -0.2) is 4.79 Å². The van der Waals surface area contributed by atoms with Gasteiger partial charge in [0.2, 0.25) is 5.91 Å². The van der Waals surface area contributed by atoms with Crippen molar-refractivity contribution in [1.82, 2.24) is 5.32 Å². The number of halogens is 1. The van der Waals surface area contributed by atoms with Crippen molar-refractivity contribution in [3.8, 4) is 0 Å². The molecule has 0 aliphatic carbocycles. The minimum atomic E-state index is -0.474. The molecule has 0 radical (unpaired) electrons. The van der Waals surface area contributed by atoms with Crippen LogP contribution in [-0.4, -0.2) is 32.1 Å². The largest absolute Gasteiger partial charge is 0.465 e. The van der Waals surface area contributed by atoms with E-state index in [4.69, 9.17) is 11.6 Å². The molecule has 1 aromatic carbocycles. The van der Waals surface area contributed by atoms with Crippen molar-refractivity contribution in [2.45, 2.75) is 6.92 Å². The summed E-state index contributed by atoms with van der Waals surface area (Å²) in [7, 11) is 1.30. The SMILES string of the molecule is CCNC(=O)CNc1cc(Cl)cc(C(=O)OC)c1. The topological polar surface area (TPSA) is 67.4 Å². The molecule has 1 amide bonds. The van der Waals surface area contributed by atoms with Crippen LogP contribution in [0.5, 0.6) is 0 Å². The second-order valence-electron chi connectivity index (χ2n) is 3.53. The fourth-order valence-corrected chi connectivity index (χ4v) is 1.60. The predicted octanol–water partition coefficient (Wildman–Crippen LogP) is 1.67. The lowest BCUT2D eigenvalue weighted by Crippen LogP contribution is -2.29. The van der Waals surface area contributed by atoms with Crippen LogP contribution in [0, 0.1) is 0 Å². The van der Waals surface area contributed by atoms with Crippen LogP contribution in [0.1, 0.15) is 17.3 Å². The van der Waals surface area contributed by atoms with E-state index in [2.05, 4.69) is 15.4 Å². The van der Waals surface area contributed by atoms with E-state index in [9.17, 15) is 9.59 Å². The first kappa shape index (κ1) is 14.3. The lowest BCUT2D eigenvalue weighted by atomic mass is 10.2. The van der Waals surface area contributed by atoms with E-state index < -0.39 is 5.97 Å². The van der Waals surface area contributed by atoms with E-state index in [1.54, 1.807) is 12.1 Å². The third kappa shape index (κ3) is 4.25. The van der Waals surface area contributed by atoms with Crippen molar-refractivity contribution >= 4 is 29.2 Å². The molecule has 0 unspecified atom stereocenters. The van der Waals surface area contributed by atoms with E-state index in [-0.39, 0.29) is 12.5 Å². The van der Waals surface area contributed by atoms with Gasteiger partial charge in [0.05, 0.1) is 19.2 Å². The van der Waals surface area contributed by atoms with Crippen molar-refractivity contribution in [3.63, 3.8) is 0 Å². The van der Waals surface area contributed by atoms with Gasteiger partial charge in [0.25, 0.3) is 0 Å². The maximum Gasteiger partial charge on any atom is 0.337 e. The van der Waals surface area contributed by atoms with Crippen LogP contribution < -0.4 is 10.6 Å². The normalized spacial score (nSPS) is 9.72. The number of carbonyl (C=O) groups is 2. The molecule has 0 aromatic heterocycles. The van der Waals surface area contributed by atoms with Crippen LogP contribution in [-0.2, 0) is 9.53 Å². The Morgan fingerprint density at radius 2 is 2.06 bits per heavy atom. The highest BCUT2D eigenvalue weighted by molar-refractivity contribution is 6.31. The van der Waals surface area contributed by atoms with Crippen molar-refractivity contribution in [2.75, 3.05) is 25.5 Å². The number of carbonyl (C=O) groups excluding carboxylic acids is 2. The van der Waals surface area contributed by atoms with Crippen molar-refractivity contribution in [3.05, 3.63) is 28.8 Å². The maximum atomic E-state index is 11.4. The van der Waals surface area contributed by atoms with E-state index in [1.165, 1.54) is 13.2 Å². The summed E-state index contributed by atoms with van der Waals surface area (Å²) >= 11 is 5.88. The summed E-state index contributed by atoms with van der Waals surface area (Å²) in [6, 6.07) is 4.72. The molecule has 5 nitrogen and oxygen atoms in total. The minimum absolute atomic E-state index is 0.120. The van der Waals surface area contributed by atoms with Gasteiger partial charge in [-0.3, -0.25) is 4.79 Å². The Hall–Kier alpha value is -1.75. The van der Waals surface area contributed by atoms with Gasteiger partial charge in [-0.1, -0.05) is 11.6 Å². The van der Waals surface area contributed by atoms with Crippen molar-refractivity contribution < 1.29 is 14.3 Å². The molecule has 0 fully saturated rings. The van der Waals surface area contributed by atoms with E-state index >= 15 is 0 Å². The molecule has 18 heavy (non-hydrogen) atoms. The van der Waals surface area contributed by atoms with Crippen LogP contribution in [0.3, 0.4) is 0 Å². The summed E-state index contributed by atoms with van der Waals surface area (Å²) in [6.45, 7) is 2.53. The lowest BCUT2D eigenvalue weighted by Gasteiger charge is -2.08. The molecule has 0 aliphatic heterocycles. The zero-order chi connectivity index (χ0) is 13.5. The average Bonchev–Trinajstić information content (AvgIpc) is 2.35. The molecule has 1 aromatic rings. The van der Waals surface area contributed by atoms with Gasteiger partial charge >= 0.3 is 5.97 Å². The van der Waals surface area contributed by atoms with E-state index in [1.807, 2.05) is 6.92 Å². The molecule has 0 atom stereocenters. The summed E-state index contributed by atoms with van der Waals surface area (Å²) < 4.78 is 4.61. The Balaban J connectivity index is 2.74. The van der Waals surface area contributed by atoms with Crippen molar-refractivity contribution in [2.24, 2.45) is 0 Å². The van der Waals surface area contributed by atoms with Crippen LogP contribution >= 0.6 is 11.6 Å². The first-order valence-corrected chi connectivity index (χ1v) is 5.84. The fourth-order valence-electron chi connectivity index (χ4n) is 1.37. The Morgan fingerprint density at radius 1 is 1.33 bits per heavy atom. The first-order valence-electron chi connectivity index (χ1n) is 5.46. The minimum Gasteiger partial charge on any atom is -0.465 e. The molecule has 2 N–H and O–H groups in total. The second-order valence-corrected chi connectivity index (χ2v) is 3.96. The Bertz CT molecular complexity index is 449. The molecule has 98 valence electrons. The first-order chi connectivity index (χ1) is 8.56. The van der Waals surface area contributed by atoms with Crippen LogP contribution in [0.4, 0.5) is 5.69 Å². The highest BCUT2D eigenvalue weighted by atomic mass is 35.5. The summed E-state index contributed by atoms with van der Waals surface area (Å²) in [5.74, 6) is -0.601. The smallest absolute Gasteiger partial charge is 0.337 e. The standard InChI is InChI=1S/C12H15ClN2O3/c1-3-14-11(16)7-15-10-5-8(12(17)18-2)4-9(13)6-10/h4-6,15H,3,7H2,1-2H3,(H,14,16). The summed E-state index contributed by atoms with van der Waals surface area (Å²) in [4.78, 5) is 22.6. The molecular weight excluding hydrogens is 256 g/mol. The molecule has 0 saturated carbocycles. The summed E-state index contributed by atoms with van der Waals surface area (Å²) in [6.07, 6.45) is 0. The second kappa shape index (κ2) is 6.86. The Morgan fingerprint density at radius 3 is 2.67 bits per heavy atom. The maximum absolute atomic E-state index is 11.4. The number of hydrogen-bond donors (Lipinski definition) is 2. The molecule has 0 aliphatic rings.